The minimum Gasteiger partial charge on any atom is -0.428 e. The van der Waals surface area contributed by atoms with Gasteiger partial charge in [-0.05, 0) is 67.6 Å². The molecule has 46 heavy (non-hydrogen) atoms. The Morgan fingerprint density at radius 3 is 2.30 bits per heavy atom. The van der Waals surface area contributed by atoms with Crippen molar-refractivity contribution >= 4 is 40.9 Å². The molecule has 2 heterocycles. The van der Waals surface area contributed by atoms with E-state index >= 15 is 0 Å². The minimum atomic E-state index is -0.954. The van der Waals surface area contributed by atoms with Gasteiger partial charge in [0, 0.05) is 24.8 Å². The third kappa shape index (κ3) is 7.77. The van der Waals surface area contributed by atoms with Crippen LogP contribution in [0.4, 0.5) is 16.3 Å². The summed E-state index contributed by atoms with van der Waals surface area (Å²) in [6.07, 6.45) is 3.19. The van der Waals surface area contributed by atoms with E-state index in [1.165, 1.54) is 23.0 Å². The van der Waals surface area contributed by atoms with Gasteiger partial charge in [0.2, 0.25) is 6.79 Å². The highest BCUT2D eigenvalue weighted by Gasteiger charge is 2.29. The molecule has 0 radical (unpaired) electrons. The van der Waals surface area contributed by atoms with Crippen molar-refractivity contribution in [2.45, 2.75) is 47.0 Å². The summed E-state index contributed by atoms with van der Waals surface area (Å²) in [6, 6.07) is 11.0. The first-order valence-electron chi connectivity index (χ1n) is 14.7. The van der Waals surface area contributed by atoms with Crippen LogP contribution in [0.2, 0.25) is 0 Å². The molecule has 14 nitrogen and oxygen atoms in total. The molecule has 2 aromatic carbocycles. The summed E-state index contributed by atoms with van der Waals surface area (Å²) in [4.78, 5) is 61.8. The molecule has 0 spiro atoms. The number of aryl methyl sites for hydroxylation is 2. The molecule has 0 saturated heterocycles. The lowest BCUT2D eigenvalue weighted by Crippen LogP contribution is -2.31. The second kappa shape index (κ2) is 15.5. The number of hydrogen-bond acceptors (Lipinski definition) is 10. The largest absolute Gasteiger partial charge is 0.428 e. The van der Waals surface area contributed by atoms with Crippen LogP contribution >= 0.6 is 0 Å². The van der Waals surface area contributed by atoms with E-state index in [1.54, 1.807) is 50.4 Å². The lowest BCUT2D eigenvalue weighted by atomic mass is 10.1. The highest BCUT2D eigenvalue weighted by molar-refractivity contribution is 6.05. The second-order valence-corrected chi connectivity index (χ2v) is 10.3. The van der Waals surface area contributed by atoms with Crippen molar-refractivity contribution in [3.8, 4) is 5.75 Å². The average molecular weight is 633 g/mol. The number of amides is 3. The summed E-state index contributed by atoms with van der Waals surface area (Å²) < 4.78 is 12.0. The Balaban J connectivity index is 1.68. The first-order valence-corrected chi connectivity index (χ1v) is 14.7. The predicted octanol–water partition coefficient (Wildman–Crippen LogP) is 4.50. The van der Waals surface area contributed by atoms with Gasteiger partial charge in [0.15, 0.2) is 11.6 Å². The molecule has 3 N–H and O–H groups in total. The Morgan fingerprint density at radius 2 is 1.63 bits per heavy atom. The zero-order chi connectivity index (χ0) is 33.2. The number of nitrogens with one attached hydrogen (secondary N) is 2. The topological polar surface area (TPSA) is 174 Å². The van der Waals surface area contributed by atoms with Crippen molar-refractivity contribution in [3.63, 3.8) is 0 Å². The van der Waals surface area contributed by atoms with Gasteiger partial charge in [-0.3, -0.25) is 14.4 Å². The van der Waals surface area contributed by atoms with Crippen molar-refractivity contribution < 1.29 is 38.8 Å². The Labute approximate surface area is 265 Å². The second-order valence-electron chi connectivity index (χ2n) is 10.3. The molecule has 4 rings (SSSR count). The fourth-order valence-electron chi connectivity index (χ4n) is 4.59. The molecular weight excluding hydrogens is 596 g/mol. The van der Waals surface area contributed by atoms with E-state index in [0.717, 1.165) is 17.7 Å². The van der Waals surface area contributed by atoms with E-state index in [4.69, 9.17) is 14.7 Å². The Bertz CT molecular complexity index is 1720. The van der Waals surface area contributed by atoms with Crippen LogP contribution < -0.4 is 20.4 Å². The molecule has 0 bridgehead atoms. The lowest BCUT2D eigenvalue weighted by Gasteiger charge is -2.24. The van der Waals surface area contributed by atoms with E-state index in [2.05, 4.69) is 25.6 Å². The Hall–Kier alpha value is -5.50. The normalized spacial score (nSPS) is 10.7. The number of aromatic nitrogens is 3. The number of anilines is 2. The van der Waals surface area contributed by atoms with Gasteiger partial charge in [-0.2, -0.15) is 5.10 Å². The molecule has 14 heteroatoms. The van der Waals surface area contributed by atoms with Gasteiger partial charge in [0.25, 0.3) is 11.8 Å². The maximum absolute atomic E-state index is 13.8. The molecule has 4 aromatic rings. The fraction of sp³-hybridized carbons (Fsp3) is 0.312. The van der Waals surface area contributed by atoms with E-state index in [-0.39, 0.29) is 35.5 Å². The van der Waals surface area contributed by atoms with Crippen LogP contribution in [-0.2, 0) is 20.7 Å². The molecule has 0 unspecified atom stereocenters. The van der Waals surface area contributed by atoms with E-state index in [0.29, 0.717) is 46.4 Å². The van der Waals surface area contributed by atoms with E-state index in [1.807, 2.05) is 13.8 Å². The first kappa shape index (κ1) is 33.4. The Kier molecular flexibility index (Phi) is 11.2. The number of hydrogen-bond donors (Lipinski definition) is 3. The van der Waals surface area contributed by atoms with Gasteiger partial charge in [-0.1, -0.05) is 32.0 Å². The molecule has 0 aliphatic carbocycles. The highest BCUT2D eigenvalue weighted by Crippen LogP contribution is 2.34. The number of rotatable bonds is 13. The van der Waals surface area contributed by atoms with Crippen LogP contribution in [0.5, 0.6) is 5.75 Å². The third-order valence-corrected chi connectivity index (χ3v) is 7.01. The van der Waals surface area contributed by atoms with E-state index < -0.39 is 18.9 Å². The van der Waals surface area contributed by atoms with Gasteiger partial charge < -0.3 is 25.0 Å². The summed E-state index contributed by atoms with van der Waals surface area (Å²) in [5, 5.41) is 18.6. The van der Waals surface area contributed by atoms with Gasteiger partial charge in [0.1, 0.15) is 11.8 Å². The monoisotopic (exact) mass is 632 g/mol. The highest BCUT2D eigenvalue weighted by atomic mass is 17.1. The summed E-state index contributed by atoms with van der Waals surface area (Å²) in [5.41, 5.74) is 2.99. The maximum Gasteiger partial charge on any atom is 0.423 e. The fourth-order valence-corrected chi connectivity index (χ4v) is 4.59. The van der Waals surface area contributed by atoms with Crippen molar-refractivity contribution in [3.05, 3.63) is 82.8 Å². The lowest BCUT2D eigenvalue weighted by molar-refractivity contribution is -0.150. The number of benzene rings is 2. The minimum absolute atomic E-state index is 0.0822. The molecule has 2 aromatic heterocycles. The number of carbonyl (C=O) groups is 4. The molecule has 0 atom stereocenters. The number of carbonyl (C=O) groups excluding carboxylic acids is 4. The number of fused-ring (bicyclic) bond motifs is 1. The van der Waals surface area contributed by atoms with Crippen LogP contribution in [0, 0.1) is 13.8 Å². The van der Waals surface area contributed by atoms with Crippen molar-refractivity contribution in [1.82, 2.24) is 25.2 Å². The molecule has 242 valence electrons. The molecular formula is C32H36N6O8. The summed E-state index contributed by atoms with van der Waals surface area (Å²) in [7, 11) is 0. The third-order valence-electron chi connectivity index (χ3n) is 7.01. The quantitative estimate of drug-likeness (QED) is 0.0824. The van der Waals surface area contributed by atoms with Gasteiger partial charge in [-0.15, -0.1) is 0 Å². The Morgan fingerprint density at radius 1 is 0.935 bits per heavy atom. The van der Waals surface area contributed by atoms with Crippen LogP contribution in [0.3, 0.4) is 0 Å². The van der Waals surface area contributed by atoms with Crippen molar-refractivity contribution in [2.24, 2.45) is 0 Å². The van der Waals surface area contributed by atoms with Crippen LogP contribution in [0.1, 0.15) is 64.1 Å². The smallest absolute Gasteiger partial charge is 0.423 e. The van der Waals surface area contributed by atoms with Crippen molar-refractivity contribution in [2.75, 3.05) is 24.8 Å². The molecule has 0 aliphatic rings. The SMILES string of the molecule is CCCNC(=O)c1ccc(C)c(N(C(=O)OCOC(=O)Cc2ccc(OO)cc2)c2ncnn3cc(C(=O)NCCC)c(C)c23)c1. The summed E-state index contributed by atoms with van der Waals surface area (Å²) >= 11 is 0. The van der Waals surface area contributed by atoms with Gasteiger partial charge in [0.05, 0.1) is 17.7 Å². The first-order chi connectivity index (χ1) is 22.2. The number of ether oxygens (including phenoxy) is 2. The standard InChI is InChI=1S/C32H36N6O8/c1-5-13-33-30(40)23-10-7-20(3)26(16-23)38(32(42)45-19-44-27(39)15-22-8-11-24(46-43)12-9-22)29-28-21(4)25(31(41)34-14-6-2)17-37(28)36-18-35-29/h7-12,16-18,43H,5-6,13-15,19H2,1-4H3,(H,33,40)(H,34,41). The molecule has 3 amide bonds. The zero-order valence-corrected chi connectivity index (χ0v) is 26.0. The van der Waals surface area contributed by atoms with Crippen LogP contribution in [0.25, 0.3) is 5.52 Å². The number of nitrogens with zero attached hydrogens (tertiary/aromatic N) is 4. The summed E-state index contributed by atoms with van der Waals surface area (Å²) in [6.45, 7) is 7.58. The van der Waals surface area contributed by atoms with Crippen molar-refractivity contribution in [1.29, 1.82) is 0 Å². The average Bonchev–Trinajstić information content (AvgIpc) is 3.40. The van der Waals surface area contributed by atoms with Crippen LogP contribution in [0.15, 0.2) is 55.0 Å². The van der Waals surface area contributed by atoms with Crippen LogP contribution in [-0.4, -0.2) is 63.6 Å². The zero-order valence-electron chi connectivity index (χ0n) is 26.0. The summed E-state index contributed by atoms with van der Waals surface area (Å²) in [5.74, 6) is -1.01. The molecule has 0 saturated carbocycles. The van der Waals surface area contributed by atoms with Gasteiger partial charge >= 0.3 is 12.1 Å². The predicted molar refractivity (Wildman–Crippen MR) is 167 cm³/mol. The van der Waals surface area contributed by atoms with E-state index in [9.17, 15) is 19.2 Å². The van der Waals surface area contributed by atoms with Gasteiger partial charge in [-0.25, -0.2) is 24.5 Å². The molecule has 0 aliphatic heterocycles. The molecule has 0 fully saturated rings. The number of esters is 1. The maximum atomic E-state index is 13.8.